The van der Waals surface area contributed by atoms with Crippen LogP contribution in [0.1, 0.15) is 23.6 Å². The fraction of sp³-hybridized carbons (Fsp3) is 0.400. The first kappa shape index (κ1) is 18.6. The Balaban J connectivity index is 1.73. The molecule has 0 bridgehead atoms. The van der Waals surface area contributed by atoms with Gasteiger partial charge in [-0.15, -0.1) is 0 Å². The second-order valence-corrected chi connectivity index (χ2v) is 6.42. The van der Waals surface area contributed by atoms with E-state index in [2.05, 4.69) is 5.32 Å². The zero-order valence-electron chi connectivity index (χ0n) is 14.6. The van der Waals surface area contributed by atoms with E-state index in [-0.39, 0.29) is 12.2 Å². The van der Waals surface area contributed by atoms with E-state index in [0.717, 1.165) is 18.7 Å². The molecule has 4 nitrogen and oxygen atoms in total. The Hall–Kier alpha value is -2.18. The fourth-order valence-electron chi connectivity index (χ4n) is 3.27. The molecular formula is C20H24F2N2O2. The summed E-state index contributed by atoms with van der Waals surface area (Å²) in [6, 6.07) is 14.2. The van der Waals surface area contributed by atoms with Gasteiger partial charge in [0, 0.05) is 50.3 Å². The van der Waals surface area contributed by atoms with Gasteiger partial charge in [0.2, 0.25) is 6.43 Å². The van der Waals surface area contributed by atoms with Crippen LogP contribution in [0.2, 0.25) is 0 Å². The fourth-order valence-corrected chi connectivity index (χ4v) is 3.27. The Morgan fingerprint density at radius 3 is 2.46 bits per heavy atom. The van der Waals surface area contributed by atoms with E-state index >= 15 is 0 Å². The minimum absolute atomic E-state index is 0.000237. The first-order valence-corrected chi connectivity index (χ1v) is 8.86. The minimum atomic E-state index is -2.43. The Morgan fingerprint density at radius 2 is 1.81 bits per heavy atom. The summed E-state index contributed by atoms with van der Waals surface area (Å²) >= 11 is 0. The summed E-state index contributed by atoms with van der Waals surface area (Å²) in [5.41, 5.74) is 1.55. The largest absolute Gasteiger partial charge is 0.507 e. The smallest absolute Gasteiger partial charge is 0.240 e. The highest BCUT2D eigenvalue weighted by atomic mass is 19.3. The molecular weight excluding hydrogens is 338 g/mol. The zero-order valence-corrected chi connectivity index (χ0v) is 14.6. The van der Waals surface area contributed by atoms with Gasteiger partial charge in [0.05, 0.1) is 0 Å². The molecule has 0 unspecified atom stereocenters. The van der Waals surface area contributed by atoms with Crippen molar-refractivity contribution in [3.63, 3.8) is 0 Å². The average molecular weight is 362 g/mol. The number of alkyl halides is 2. The van der Waals surface area contributed by atoms with Gasteiger partial charge in [-0.05, 0) is 11.6 Å². The number of phenols is 1. The van der Waals surface area contributed by atoms with Crippen LogP contribution >= 0.6 is 0 Å². The molecule has 1 fully saturated rings. The van der Waals surface area contributed by atoms with Gasteiger partial charge in [0.25, 0.3) is 0 Å². The molecule has 3 rings (SSSR count). The van der Waals surface area contributed by atoms with Crippen LogP contribution in [0.4, 0.5) is 8.78 Å². The first-order valence-electron chi connectivity index (χ1n) is 8.86. The van der Waals surface area contributed by atoms with Gasteiger partial charge in [0.15, 0.2) is 0 Å². The lowest BCUT2D eigenvalue weighted by molar-refractivity contribution is 0.0729. The maximum Gasteiger partial charge on any atom is 0.240 e. The van der Waals surface area contributed by atoms with Crippen molar-refractivity contribution in [3.05, 3.63) is 59.7 Å². The summed E-state index contributed by atoms with van der Waals surface area (Å²) in [6.45, 7) is 3.28. The molecule has 1 aliphatic heterocycles. The summed E-state index contributed by atoms with van der Waals surface area (Å²) in [6.07, 6.45) is -2.72. The predicted molar refractivity (Wildman–Crippen MR) is 96.7 cm³/mol. The lowest BCUT2D eigenvalue weighted by Gasteiger charge is -2.35. The predicted octanol–water partition coefficient (Wildman–Crippen LogP) is 3.57. The molecule has 1 aliphatic rings. The third-order valence-electron chi connectivity index (χ3n) is 4.60. The molecule has 1 atom stereocenters. The van der Waals surface area contributed by atoms with Crippen molar-refractivity contribution in [1.82, 2.24) is 10.2 Å². The summed E-state index contributed by atoms with van der Waals surface area (Å²) in [4.78, 5) is 2.00. The molecule has 2 aromatic carbocycles. The quantitative estimate of drug-likeness (QED) is 0.790. The van der Waals surface area contributed by atoms with E-state index in [9.17, 15) is 13.9 Å². The van der Waals surface area contributed by atoms with Crippen LogP contribution in [-0.4, -0.2) is 42.6 Å². The molecule has 0 amide bonds. The molecule has 140 valence electrons. The Bertz CT molecular complexity index is 691. The number of nitrogens with zero attached hydrogens (tertiary/aromatic N) is 1. The summed E-state index contributed by atoms with van der Waals surface area (Å²) in [5.74, 6) is 0.519. The number of phenolic OH excluding ortho intramolecular Hbond substituents is 1. The third kappa shape index (κ3) is 4.93. The van der Waals surface area contributed by atoms with E-state index in [1.165, 1.54) is 6.07 Å². The highest BCUT2D eigenvalue weighted by Gasteiger charge is 2.27. The van der Waals surface area contributed by atoms with E-state index < -0.39 is 12.5 Å². The van der Waals surface area contributed by atoms with Gasteiger partial charge < -0.3 is 15.2 Å². The number of hydrogen-bond acceptors (Lipinski definition) is 4. The standard InChI is InChI=1S/C20H24F2N2O2/c21-20(22)13-18(24-10-8-23-9-11-24)17-7-6-16(12-19(17)25)26-14-15-4-2-1-3-5-15/h1-7,12,18,20,23,25H,8-11,13-14H2/t18-/m0/s1. The van der Waals surface area contributed by atoms with E-state index in [0.29, 0.717) is 31.0 Å². The van der Waals surface area contributed by atoms with Gasteiger partial charge in [0.1, 0.15) is 18.1 Å². The second kappa shape index (κ2) is 8.96. The van der Waals surface area contributed by atoms with Crippen LogP contribution in [0, 0.1) is 0 Å². The van der Waals surface area contributed by atoms with Crippen LogP contribution in [0.3, 0.4) is 0 Å². The zero-order chi connectivity index (χ0) is 18.4. The molecule has 1 saturated heterocycles. The van der Waals surface area contributed by atoms with Crippen LogP contribution < -0.4 is 10.1 Å². The topological polar surface area (TPSA) is 44.7 Å². The summed E-state index contributed by atoms with van der Waals surface area (Å²) in [7, 11) is 0. The Kier molecular flexibility index (Phi) is 6.41. The van der Waals surface area contributed by atoms with Crippen molar-refractivity contribution >= 4 is 0 Å². The van der Waals surface area contributed by atoms with Crippen molar-refractivity contribution < 1.29 is 18.6 Å². The van der Waals surface area contributed by atoms with Gasteiger partial charge in [-0.1, -0.05) is 36.4 Å². The molecule has 2 N–H and O–H groups in total. The van der Waals surface area contributed by atoms with Crippen molar-refractivity contribution in [3.8, 4) is 11.5 Å². The average Bonchev–Trinajstić information content (AvgIpc) is 2.66. The third-order valence-corrected chi connectivity index (χ3v) is 4.60. The normalized spacial score (nSPS) is 16.6. The SMILES string of the molecule is Oc1cc(OCc2ccccc2)ccc1[C@H](CC(F)F)N1CCNCC1. The Morgan fingerprint density at radius 1 is 1.08 bits per heavy atom. The molecule has 0 aromatic heterocycles. The van der Waals surface area contributed by atoms with Crippen LogP contribution in [0.25, 0.3) is 0 Å². The van der Waals surface area contributed by atoms with Gasteiger partial charge >= 0.3 is 0 Å². The molecule has 1 heterocycles. The van der Waals surface area contributed by atoms with Crippen molar-refractivity contribution in [1.29, 1.82) is 0 Å². The van der Waals surface area contributed by atoms with Crippen molar-refractivity contribution in [2.45, 2.75) is 25.5 Å². The van der Waals surface area contributed by atoms with E-state index in [4.69, 9.17) is 4.74 Å². The molecule has 0 saturated carbocycles. The van der Waals surface area contributed by atoms with Crippen LogP contribution in [-0.2, 0) is 6.61 Å². The van der Waals surface area contributed by atoms with Gasteiger partial charge in [-0.3, -0.25) is 4.90 Å². The number of hydrogen-bond donors (Lipinski definition) is 2. The molecule has 0 spiro atoms. The first-order chi connectivity index (χ1) is 12.6. The molecule has 0 aliphatic carbocycles. The molecule has 0 radical (unpaired) electrons. The van der Waals surface area contributed by atoms with Crippen molar-refractivity contribution in [2.24, 2.45) is 0 Å². The number of aromatic hydroxyl groups is 1. The van der Waals surface area contributed by atoms with Crippen LogP contribution in [0.15, 0.2) is 48.5 Å². The lowest BCUT2D eigenvalue weighted by atomic mass is 10.00. The van der Waals surface area contributed by atoms with Gasteiger partial charge in [-0.2, -0.15) is 0 Å². The minimum Gasteiger partial charge on any atom is -0.507 e. The molecule has 6 heteroatoms. The van der Waals surface area contributed by atoms with E-state index in [1.54, 1.807) is 12.1 Å². The van der Waals surface area contributed by atoms with Gasteiger partial charge in [-0.25, -0.2) is 8.78 Å². The Labute approximate surface area is 152 Å². The number of halogens is 2. The number of benzene rings is 2. The number of piperazine rings is 1. The van der Waals surface area contributed by atoms with Crippen LogP contribution in [0.5, 0.6) is 11.5 Å². The highest BCUT2D eigenvalue weighted by Crippen LogP contribution is 2.35. The maximum absolute atomic E-state index is 13.1. The summed E-state index contributed by atoms with van der Waals surface area (Å²) in [5, 5.41) is 13.7. The highest BCUT2D eigenvalue weighted by molar-refractivity contribution is 5.41. The molecule has 26 heavy (non-hydrogen) atoms. The molecule has 2 aromatic rings. The lowest BCUT2D eigenvalue weighted by Crippen LogP contribution is -2.45. The number of ether oxygens (including phenoxy) is 1. The van der Waals surface area contributed by atoms with E-state index in [1.807, 2.05) is 35.2 Å². The number of nitrogens with one attached hydrogen (secondary N) is 1. The summed E-state index contributed by atoms with van der Waals surface area (Å²) < 4.78 is 31.9. The number of rotatable bonds is 7. The monoisotopic (exact) mass is 362 g/mol. The van der Waals surface area contributed by atoms with Crippen molar-refractivity contribution in [2.75, 3.05) is 26.2 Å². The maximum atomic E-state index is 13.1. The second-order valence-electron chi connectivity index (χ2n) is 6.42.